The normalized spacial score (nSPS) is 11.5. The van der Waals surface area contributed by atoms with E-state index in [-0.39, 0.29) is 11.7 Å². The third-order valence-electron chi connectivity index (χ3n) is 1.93. The van der Waals surface area contributed by atoms with E-state index in [0.29, 0.717) is 5.58 Å². The summed E-state index contributed by atoms with van der Waals surface area (Å²) in [6.45, 7) is 3.34. The summed E-state index contributed by atoms with van der Waals surface area (Å²) in [6, 6.07) is 8.72. The summed E-state index contributed by atoms with van der Waals surface area (Å²) >= 11 is 0. The molecule has 2 rings (SSSR count). The molecule has 16 heavy (non-hydrogen) atoms. The van der Waals surface area contributed by atoms with Crippen LogP contribution in [-0.2, 0) is 10.1 Å². The summed E-state index contributed by atoms with van der Waals surface area (Å²) in [6.07, 6.45) is 1.26. The zero-order valence-corrected chi connectivity index (χ0v) is 9.24. The number of benzene rings is 1. The van der Waals surface area contributed by atoms with Gasteiger partial charge in [-0.2, -0.15) is 8.42 Å². The van der Waals surface area contributed by atoms with Gasteiger partial charge in [0.15, 0.2) is 0 Å². The third-order valence-corrected chi connectivity index (χ3v) is 3.00. The van der Waals surface area contributed by atoms with Crippen LogP contribution in [0.3, 0.4) is 0 Å². The third kappa shape index (κ3) is 2.25. The molecule has 4 nitrogen and oxygen atoms in total. The second-order valence-electron chi connectivity index (χ2n) is 3.20. The number of para-hydroxylation sites is 1. The first-order valence-electron chi connectivity index (χ1n) is 4.62. The molecule has 0 amide bonds. The van der Waals surface area contributed by atoms with Crippen LogP contribution in [0.2, 0.25) is 0 Å². The lowest BCUT2D eigenvalue weighted by Crippen LogP contribution is -2.11. The molecule has 84 valence electrons. The van der Waals surface area contributed by atoms with Gasteiger partial charge in [-0.1, -0.05) is 24.3 Å². The Labute approximate surface area is 93.3 Å². The Bertz CT molecular complexity index is 577. The molecule has 0 radical (unpaired) electrons. The number of furan rings is 1. The highest BCUT2D eigenvalue weighted by atomic mass is 32.2. The molecule has 0 aliphatic rings. The highest BCUT2D eigenvalue weighted by molar-refractivity contribution is 7.87. The van der Waals surface area contributed by atoms with Crippen molar-refractivity contribution in [2.24, 2.45) is 0 Å². The molecule has 0 spiro atoms. The van der Waals surface area contributed by atoms with Crippen LogP contribution in [0, 0.1) is 0 Å². The topological polar surface area (TPSA) is 56.5 Å². The Kier molecular flexibility index (Phi) is 2.70. The molecule has 1 aromatic heterocycles. The van der Waals surface area contributed by atoms with Crippen molar-refractivity contribution in [1.29, 1.82) is 0 Å². The maximum Gasteiger partial charge on any atom is 0.315 e. The molecule has 0 saturated heterocycles. The summed E-state index contributed by atoms with van der Waals surface area (Å²) < 4.78 is 32.6. The predicted molar refractivity (Wildman–Crippen MR) is 60.8 cm³/mol. The fourth-order valence-corrected chi connectivity index (χ4v) is 1.99. The van der Waals surface area contributed by atoms with Gasteiger partial charge in [-0.25, -0.2) is 0 Å². The molecule has 0 unspecified atom stereocenters. The van der Waals surface area contributed by atoms with Crippen molar-refractivity contribution in [3.8, 4) is 5.95 Å². The Hall–Kier alpha value is -1.75. The van der Waals surface area contributed by atoms with Gasteiger partial charge in [0.05, 0.1) is 0 Å². The molecule has 2 aromatic rings. The van der Waals surface area contributed by atoms with E-state index in [1.807, 2.05) is 12.1 Å². The molecule has 0 fully saturated rings. The Balaban J connectivity index is 2.31. The summed E-state index contributed by atoms with van der Waals surface area (Å²) in [5, 5.41) is 0.798. The number of rotatable bonds is 4. The maximum absolute atomic E-state index is 11.3. The van der Waals surface area contributed by atoms with Crippen molar-refractivity contribution >= 4 is 21.1 Å². The van der Waals surface area contributed by atoms with E-state index in [9.17, 15) is 8.42 Å². The fraction of sp³-hybridized carbons (Fsp3) is 0.0909. The zero-order valence-electron chi connectivity index (χ0n) is 8.42. The average molecular weight is 238 g/mol. The SMILES string of the molecule is C=CCS(=O)(=O)Oc1cc2ccccc2o1. The van der Waals surface area contributed by atoms with Gasteiger partial charge in [0.1, 0.15) is 11.3 Å². The number of fused-ring (bicyclic) bond motifs is 1. The molecule has 1 aromatic carbocycles. The standard InChI is InChI=1S/C11H10O4S/c1-2-7-16(12,13)15-11-8-9-5-3-4-6-10(9)14-11/h2-6,8H,1,7H2. The summed E-state index contributed by atoms with van der Waals surface area (Å²) in [5.41, 5.74) is 0.589. The van der Waals surface area contributed by atoms with Crippen LogP contribution in [0.25, 0.3) is 11.0 Å². The maximum atomic E-state index is 11.3. The van der Waals surface area contributed by atoms with E-state index in [1.165, 1.54) is 12.1 Å². The first kappa shape index (κ1) is 10.8. The molecule has 0 saturated carbocycles. The summed E-state index contributed by atoms with van der Waals surface area (Å²) in [4.78, 5) is 0. The van der Waals surface area contributed by atoms with Gasteiger partial charge in [-0.05, 0) is 6.07 Å². The van der Waals surface area contributed by atoms with E-state index in [4.69, 9.17) is 8.60 Å². The minimum Gasteiger partial charge on any atom is -0.425 e. The molecule has 5 heteroatoms. The smallest absolute Gasteiger partial charge is 0.315 e. The predicted octanol–water partition coefficient (Wildman–Crippen LogP) is 2.33. The Morgan fingerprint density at radius 2 is 2.12 bits per heavy atom. The van der Waals surface area contributed by atoms with E-state index < -0.39 is 10.1 Å². The van der Waals surface area contributed by atoms with Crippen molar-refractivity contribution in [2.75, 3.05) is 5.75 Å². The van der Waals surface area contributed by atoms with Crippen LogP contribution in [0.5, 0.6) is 5.95 Å². The van der Waals surface area contributed by atoms with Crippen LogP contribution >= 0.6 is 0 Å². The molecule has 0 aliphatic carbocycles. The van der Waals surface area contributed by atoms with Crippen LogP contribution in [-0.4, -0.2) is 14.2 Å². The van der Waals surface area contributed by atoms with Crippen LogP contribution in [0.4, 0.5) is 0 Å². The lowest BCUT2D eigenvalue weighted by molar-refractivity contribution is 0.399. The Morgan fingerprint density at radius 3 is 2.81 bits per heavy atom. The average Bonchev–Trinajstić information content (AvgIpc) is 2.58. The van der Waals surface area contributed by atoms with Crippen LogP contribution in [0.15, 0.2) is 47.4 Å². The molecular formula is C11H10O4S. The van der Waals surface area contributed by atoms with Gasteiger partial charge in [-0.3, -0.25) is 0 Å². The largest absolute Gasteiger partial charge is 0.425 e. The van der Waals surface area contributed by atoms with Gasteiger partial charge in [-0.15, -0.1) is 6.58 Å². The number of hydrogen-bond acceptors (Lipinski definition) is 4. The van der Waals surface area contributed by atoms with Crippen molar-refractivity contribution in [3.05, 3.63) is 43.0 Å². The van der Waals surface area contributed by atoms with Crippen molar-refractivity contribution in [1.82, 2.24) is 0 Å². The molecule has 0 aliphatic heterocycles. The van der Waals surface area contributed by atoms with Gasteiger partial charge < -0.3 is 8.60 Å². The van der Waals surface area contributed by atoms with Gasteiger partial charge >= 0.3 is 16.1 Å². The first-order valence-corrected chi connectivity index (χ1v) is 6.20. The zero-order chi connectivity index (χ0) is 11.6. The molecule has 0 N–H and O–H groups in total. The van der Waals surface area contributed by atoms with Gasteiger partial charge in [0.2, 0.25) is 0 Å². The fourth-order valence-electron chi connectivity index (χ4n) is 1.30. The minimum atomic E-state index is -3.64. The van der Waals surface area contributed by atoms with Crippen LogP contribution < -0.4 is 4.18 Å². The van der Waals surface area contributed by atoms with E-state index in [1.54, 1.807) is 12.1 Å². The number of hydrogen-bond donors (Lipinski definition) is 0. The molecular weight excluding hydrogens is 228 g/mol. The molecule has 0 atom stereocenters. The van der Waals surface area contributed by atoms with Crippen molar-refractivity contribution < 1.29 is 17.0 Å². The first-order chi connectivity index (χ1) is 7.61. The lowest BCUT2D eigenvalue weighted by atomic mass is 10.3. The van der Waals surface area contributed by atoms with Crippen molar-refractivity contribution in [2.45, 2.75) is 0 Å². The monoisotopic (exact) mass is 238 g/mol. The quantitative estimate of drug-likeness (QED) is 0.606. The van der Waals surface area contributed by atoms with E-state index in [0.717, 1.165) is 5.39 Å². The molecule has 0 bridgehead atoms. The Morgan fingerprint density at radius 1 is 1.38 bits per heavy atom. The van der Waals surface area contributed by atoms with Gasteiger partial charge in [0, 0.05) is 11.5 Å². The highest BCUT2D eigenvalue weighted by Crippen LogP contribution is 2.25. The van der Waals surface area contributed by atoms with E-state index in [2.05, 4.69) is 6.58 Å². The van der Waals surface area contributed by atoms with Gasteiger partial charge in [0.25, 0.3) is 0 Å². The lowest BCUT2D eigenvalue weighted by Gasteiger charge is -1.99. The van der Waals surface area contributed by atoms with Crippen LogP contribution in [0.1, 0.15) is 0 Å². The summed E-state index contributed by atoms with van der Waals surface area (Å²) in [5.74, 6) is -0.271. The second-order valence-corrected chi connectivity index (χ2v) is 4.81. The second kappa shape index (κ2) is 4.02. The summed E-state index contributed by atoms with van der Waals surface area (Å²) in [7, 11) is -3.64. The highest BCUT2D eigenvalue weighted by Gasteiger charge is 2.13. The molecule has 1 heterocycles. The van der Waals surface area contributed by atoms with E-state index >= 15 is 0 Å². The minimum absolute atomic E-state index is 0.0250. The van der Waals surface area contributed by atoms with Crippen molar-refractivity contribution in [3.63, 3.8) is 0 Å².